The largest absolute Gasteiger partial charge is 0.507 e. The Balaban J connectivity index is 2.28. The number of fused-ring (bicyclic) bond motifs is 3. The second-order valence-corrected chi connectivity index (χ2v) is 5.59. The summed E-state index contributed by atoms with van der Waals surface area (Å²) in [5.41, 5.74) is 0.693. The first kappa shape index (κ1) is 13.0. The van der Waals surface area contributed by atoms with Crippen LogP contribution in [0, 0.1) is 0 Å². The van der Waals surface area contributed by atoms with Crippen molar-refractivity contribution >= 4 is 5.78 Å². The van der Waals surface area contributed by atoms with Gasteiger partial charge in [0.15, 0.2) is 5.78 Å². The highest BCUT2D eigenvalue weighted by molar-refractivity contribution is 6.01. The molecule has 20 heavy (non-hydrogen) atoms. The summed E-state index contributed by atoms with van der Waals surface area (Å²) in [6.07, 6.45) is 6.06. The highest BCUT2D eigenvalue weighted by atomic mass is 16.5. The lowest BCUT2D eigenvalue weighted by molar-refractivity contribution is 0.0994. The van der Waals surface area contributed by atoms with Crippen LogP contribution in [0.4, 0.5) is 0 Å². The van der Waals surface area contributed by atoms with Gasteiger partial charge in [0.1, 0.15) is 28.4 Å². The standard InChI is InChI=1S/C16H18O4/c1-9(17)13-11(18)8-12(19-3)14-10-6-4-5-7-16(10,2)20-15(13)14/h5,7-8,10,18H,4,6H2,1-3H3/t10-,16-/m0/s1. The molecule has 3 rings (SSSR count). The molecule has 0 fully saturated rings. The zero-order valence-electron chi connectivity index (χ0n) is 11.9. The third-order valence-electron chi connectivity index (χ3n) is 4.27. The van der Waals surface area contributed by atoms with Gasteiger partial charge in [0.05, 0.1) is 7.11 Å². The van der Waals surface area contributed by atoms with E-state index in [1.165, 1.54) is 13.0 Å². The Morgan fingerprint density at radius 2 is 2.30 bits per heavy atom. The van der Waals surface area contributed by atoms with E-state index >= 15 is 0 Å². The maximum Gasteiger partial charge on any atom is 0.167 e. The summed E-state index contributed by atoms with van der Waals surface area (Å²) in [7, 11) is 1.57. The van der Waals surface area contributed by atoms with Gasteiger partial charge in [-0.1, -0.05) is 6.08 Å². The minimum atomic E-state index is -0.466. The van der Waals surface area contributed by atoms with Gasteiger partial charge in [-0.15, -0.1) is 0 Å². The third-order valence-corrected chi connectivity index (χ3v) is 4.27. The van der Waals surface area contributed by atoms with Crippen LogP contribution in [0.5, 0.6) is 17.2 Å². The van der Waals surface area contributed by atoms with Gasteiger partial charge in [0.2, 0.25) is 0 Å². The van der Waals surface area contributed by atoms with Gasteiger partial charge in [-0.05, 0) is 32.8 Å². The van der Waals surface area contributed by atoms with Crippen molar-refractivity contribution in [2.45, 2.75) is 38.2 Å². The first-order valence-corrected chi connectivity index (χ1v) is 6.79. The van der Waals surface area contributed by atoms with Gasteiger partial charge in [-0.3, -0.25) is 4.79 Å². The number of Topliss-reactive ketones (excluding diaryl/α,β-unsaturated/α-hetero) is 1. The number of benzene rings is 1. The molecule has 106 valence electrons. The number of aromatic hydroxyl groups is 1. The van der Waals surface area contributed by atoms with E-state index in [1.54, 1.807) is 7.11 Å². The zero-order valence-corrected chi connectivity index (χ0v) is 11.9. The Hall–Kier alpha value is -1.97. The first-order valence-electron chi connectivity index (χ1n) is 6.79. The van der Waals surface area contributed by atoms with Crippen molar-refractivity contribution in [3.63, 3.8) is 0 Å². The molecule has 0 bridgehead atoms. The van der Waals surface area contributed by atoms with Crippen LogP contribution in [0.25, 0.3) is 0 Å². The quantitative estimate of drug-likeness (QED) is 0.664. The molecule has 1 heterocycles. The second-order valence-electron chi connectivity index (χ2n) is 5.59. The van der Waals surface area contributed by atoms with Crippen molar-refractivity contribution < 1.29 is 19.4 Å². The highest BCUT2D eigenvalue weighted by Gasteiger charge is 2.47. The molecule has 0 saturated heterocycles. The van der Waals surface area contributed by atoms with Crippen LogP contribution in [0.3, 0.4) is 0 Å². The Morgan fingerprint density at radius 3 is 2.95 bits per heavy atom. The van der Waals surface area contributed by atoms with E-state index in [1.807, 2.05) is 13.0 Å². The molecule has 1 aliphatic heterocycles. The highest BCUT2D eigenvalue weighted by Crippen LogP contribution is 2.56. The molecule has 0 saturated carbocycles. The second kappa shape index (κ2) is 4.27. The van der Waals surface area contributed by atoms with Gasteiger partial charge in [0.25, 0.3) is 0 Å². The molecule has 4 heteroatoms. The van der Waals surface area contributed by atoms with E-state index in [4.69, 9.17) is 9.47 Å². The van der Waals surface area contributed by atoms with Gasteiger partial charge >= 0.3 is 0 Å². The van der Waals surface area contributed by atoms with Crippen molar-refractivity contribution in [2.24, 2.45) is 0 Å². The number of carbonyl (C=O) groups is 1. The van der Waals surface area contributed by atoms with Crippen LogP contribution >= 0.6 is 0 Å². The molecule has 1 N–H and O–H groups in total. The smallest absolute Gasteiger partial charge is 0.167 e. The molecule has 0 radical (unpaired) electrons. The van der Waals surface area contributed by atoms with E-state index in [9.17, 15) is 9.90 Å². The number of ketones is 1. The summed E-state index contributed by atoms with van der Waals surface area (Å²) >= 11 is 0. The van der Waals surface area contributed by atoms with Gasteiger partial charge in [-0.2, -0.15) is 0 Å². The number of rotatable bonds is 2. The van der Waals surface area contributed by atoms with Crippen LogP contribution < -0.4 is 9.47 Å². The van der Waals surface area contributed by atoms with Crippen LogP contribution in [0.2, 0.25) is 0 Å². The number of phenols is 1. The van der Waals surface area contributed by atoms with Crippen LogP contribution in [0.1, 0.15) is 48.5 Å². The van der Waals surface area contributed by atoms with Crippen molar-refractivity contribution in [2.75, 3.05) is 7.11 Å². The Morgan fingerprint density at radius 1 is 1.55 bits per heavy atom. The lowest BCUT2D eigenvalue weighted by atomic mass is 9.78. The molecule has 0 aromatic heterocycles. The summed E-state index contributed by atoms with van der Waals surface area (Å²) in [6, 6.07) is 1.52. The monoisotopic (exact) mass is 274 g/mol. The molecule has 2 atom stereocenters. The van der Waals surface area contributed by atoms with E-state index in [-0.39, 0.29) is 23.0 Å². The van der Waals surface area contributed by atoms with Crippen molar-refractivity contribution in [3.8, 4) is 17.2 Å². The number of phenolic OH excluding ortho intramolecular Hbond substituents is 1. The lowest BCUT2D eigenvalue weighted by Crippen LogP contribution is -2.33. The molecule has 4 nitrogen and oxygen atoms in total. The SMILES string of the molecule is COc1cc(O)c(C(C)=O)c2c1[C@@H]1CCC=C[C@]1(C)O2. The minimum Gasteiger partial charge on any atom is -0.507 e. The van der Waals surface area contributed by atoms with Crippen molar-refractivity contribution in [3.05, 3.63) is 29.3 Å². The summed E-state index contributed by atoms with van der Waals surface area (Å²) < 4.78 is 11.5. The normalized spacial score (nSPS) is 26.6. The summed E-state index contributed by atoms with van der Waals surface area (Å²) in [4.78, 5) is 11.8. The number of hydrogen-bond acceptors (Lipinski definition) is 4. The topological polar surface area (TPSA) is 55.8 Å². The van der Waals surface area contributed by atoms with Gasteiger partial charge in [0, 0.05) is 17.5 Å². The Kier molecular flexibility index (Phi) is 2.78. The van der Waals surface area contributed by atoms with Gasteiger partial charge in [-0.25, -0.2) is 0 Å². The van der Waals surface area contributed by atoms with Crippen molar-refractivity contribution in [1.82, 2.24) is 0 Å². The fraction of sp³-hybridized carbons (Fsp3) is 0.438. The fourth-order valence-electron chi connectivity index (χ4n) is 3.32. The number of carbonyl (C=O) groups excluding carboxylic acids is 1. The maximum absolute atomic E-state index is 11.8. The molecular weight excluding hydrogens is 256 g/mol. The summed E-state index contributed by atoms with van der Waals surface area (Å²) in [5.74, 6) is 0.933. The van der Waals surface area contributed by atoms with E-state index in [0.717, 1.165) is 18.4 Å². The number of methoxy groups -OCH3 is 1. The van der Waals surface area contributed by atoms with Crippen molar-refractivity contribution in [1.29, 1.82) is 0 Å². The molecule has 1 aliphatic carbocycles. The Labute approximate surface area is 118 Å². The fourth-order valence-corrected chi connectivity index (χ4v) is 3.32. The maximum atomic E-state index is 11.8. The molecular formula is C16H18O4. The first-order chi connectivity index (χ1) is 9.48. The molecule has 1 aromatic carbocycles. The predicted molar refractivity (Wildman–Crippen MR) is 74.8 cm³/mol. The number of allylic oxidation sites excluding steroid dienone is 1. The van der Waals surface area contributed by atoms with E-state index in [0.29, 0.717) is 11.5 Å². The molecule has 0 unspecified atom stereocenters. The number of ether oxygens (including phenoxy) is 2. The average molecular weight is 274 g/mol. The average Bonchev–Trinajstić information content (AvgIpc) is 2.69. The predicted octanol–water partition coefficient (Wildman–Crippen LogP) is 3.19. The van der Waals surface area contributed by atoms with E-state index < -0.39 is 5.60 Å². The number of hydrogen-bond donors (Lipinski definition) is 1. The minimum absolute atomic E-state index is 0.0840. The van der Waals surface area contributed by atoms with Crippen LogP contribution in [0.15, 0.2) is 18.2 Å². The van der Waals surface area contributed by atoms with Gasteiger partial charge < -0.3 is 14.6 Å². The molecule has 0 spiro atoms. The zero-order chi connectivity index (χ0) is 14.5. The molecule has 2 aliphatic rings. The molecule has 1 aromatic rings. The van der Waals surface area contributed by atoms with E-state index in [2.05, 4.69) is 6.08 Å². The Bertz CT molecular complexity index is 617. The summed E-state index contributed by atoms with van der Waals surface area (Å²) in [6.45, 7) is 3.44. The summed E-state index contributed by atoms with van der Waals surface area (Å²) in [5, 5.41) is 10.1. The molecule has 0 amide bonds. The van der Waals surface area contributed by atoms with Crippen LogP contribution in [-0.4, -0.2) is 23.6 Å². The third kappa shape index (κ3) is 1.64. The lowest BCUT2D eigenvalue weighted by Gasteiger charge is -2.30. The van der Waals surface area contributed by atoms with Crippen LogP contribution in [-0.2, 0) is 0 Å².